The molecule has 8 nitrogen and oxygen atoms in total. The van der Waals surface area contributed by atoms with Gasteiger partial charge in [-0.2, -0.15) is 0 Å². The number of nitrogens with one attached hydrogen (secondary N) is 4. The lowest BCUT2D eigenvalue weighted by Crippen LogP contribution is -2.23. The Labute approximate surface area is 321 Å². The zero-order valence-corrected chi connectivity index (χ0v) is 31.2. The van der Waals surface area contributed by atoms with Crippen molar-refractivity contribution in [1.82, 2.24) is 20.6 Å². The van der Waals surface area contributed by atoms with E-state index in [4.69, 9.17) is 0 Å². The van der Waals surface area contributed by atoms with Gasteiger partial charge in [0.05, 0.1) is 0 Å². The first-order valence-corrected chi connectivity index (χ1v) is 19.1. The minimum absolute atomic E-state index is 0.0147. The Balaban J connectivity index is 0.000000172. The smallest absolute Gasteiger partial charge is 0.270 e. The predicted octanol–water partition coefficient (Wildman–Crippen LogP) is 8.15. The van der Waals surface area contributed by atoms with E-state index in [-0.39, 0.29) is 46.1 Å². The number of halogens is 4. The number of amides is 2. The molecule has 2 amide bonds. The summed E-state index contributed by atoms with van der Waals surface area (Å²) in [5, 5.41) is 5.77. The minimum atomic E-state index is -2.91. The molecule has 56 heavy (non-hydrogen) atoms. The third-order valence-corrected chi connectivity index (χ3v) is 10.7. The minimum Gasteiger partial charge on any atom is -0.350 e. The van der Waals surface area contributed by atoms with Gasteiger partial charge in [-0.05, 0) is 73.6 Å². The predicted molar refractivity (Wildman–Crippen MR) is 207 cm³/mol. The highest BCUT2D eigenvalue weighted by atomic mass is 19.3. The second-order valence-electron chi connectivity index (χ2n) is 15.4. The average molecular weight is 769 g/mol. The molecule has 4 aliphatic rings. The lowest BCUT2D eigenvalue weighted by molar-refractivity contribution is -0.120. The van der Waals surface area contributed by atoms with E-state index in [1.165, 1.54) is 24.3 Å². The Kier molecular flexibility index (Phi) is 10.8. The summed E-state index contributed by atoms with van der Waals surface area (Å²) in [4.78, 5) is 54.0. The molecule has 0 spiro atoms. The molecular formula is C44H44F4N4O4. The van der Waals surface area contributed by atoms with Crippen molar-refractivity contribution in [3.63, 3.8) is 0 Å². The van der Waals surface area contributed by atoms with Gasteiger partial charge in [0.25, 0.3) is 23.0 Å². The molecule has 0 radical (unpaired) electrons. The molecule has 2 aromatic carbocycles. The van der Waals surface area contributed by atoms with Gasteiger partial charge >= 0.3 is 0 Å². The summed E-state index contributed by atoms with van der Waals surface area (Å²) in [7, 11) is 0. The topological polar surface area (TPSA) is 124 Å². The van der Waals surface area contributed by atoms with Gasteiger partial charge in [-0.1, -0.05) is 72.8 Å². The van der Waals surface area contributed by atoms with Gasteiger partial charge in [-0.15, -0.1) is 0 Å². The molecule has 2 atom stereocenters. The average Bonchev–Trinajstić information content (AvgIpc) is 4.09. The van der Waals surface area contributed by atoms with Crippen LogP contribution in [0.25, 0.3) is 11.1 Å². The van der Waals surface area contributed by atoms with Crippen molar-refractivity contribution in [2.45, 2.75) is 101 Å². The second kappa shape index (κ2) is 15.5. The van der Waals surface area contributed by atoms with E-state index in [2.05, 4.69) is 20.6 Å². The summed E-state index contributed by atoms with van der Waals surface area (Å²) < 4.78 is 54.2. The van der Waals surface area contributed by atoms with Gasteiger partial charge in [0.1, 0.15) is 0 Å². The lowest BCUT2D eigenvalue weighted by Gasteiger charge is -2.15. The van der Waals surface area contributed by atoms with E-state index < -0.39 is 11.8 Å². The molecule has 0 bridgehead atoms. The van der Waals surface area contributed by atoms with Crippen molar-refractivity contribution in [2.24, 2.45) is 0 Å². The largest absolute Gasteiger partial charge is 0.350 e. The molecule has 4 fully saturated rings. The van der Waals surface area contributed by atoms with Crippen LogP contribution in [-0.2, 0) is 21.4 Å². The molecule has 4 N–H and O–H groups in total. The zero-order valence-electron chi connectivity index (χ0n) is 31.2. The number of alkyl halides is 4. The van der Waals surface area contributed by atoms with Crippen LogP contribution in [0.3, 0.4) is 0 Å². The highest BCUT2D eigenvalue weighted by molar-refractivity contribution is 5.83. The number of aromatic nitrogens is 2. The number of rotatable bonds is 10. The Bertz CT molecular complexity index is 2130. The van der Waals surface area contributed by atoms with Crippen LogP contribution in [0.2, 0.25) is 0 Å². The first-order valence-electron chi connectivity index (χ1n) is 19.1. The molecule has 2 aliphatic carbocycles. The number of aromatic amines is 2. The van der Waals surface area contributed by atoms with E-state index in [0.717, 1.165) is 61.8 Å². The highest BCUT2D eigenvalue weighted by Crippen LogP contribution is 2.39. The molecule has 12 heteroatoms. The number of carbonyl (C=O) groups is 2. The Morgan fingerprint density at radius 3 is 1.16 bits per heavy atom. The van der Waals surface area contributed by atoms with Gasteiger partial charge in [0.2, 0.25) is 11.8 Å². The number of H-pyrrole nitrogens is 2. The monoisotopic (exact) mass is 768 g/mol. The second-order valence-corrected chi connectivity index (χ2v) is 15.4. The number of hydrogen-bond acceptors (Lipinski definition) is 4. The van der Waals surface area contributed by atoms with Crippen molar-refractivity contribution in [3.05, 3.63) is 150 Å². The first kappa shape index (κ1) is 38.7. The molecule has 8 rings (SSSR count). The van der Waals surface area contributed by atoms with E-state index in [1.54, 1.807) is 24.3 Å². The fourth-order valence-electron chi connectivity index (χ4n) is 7.21. The molecule has 2 saturated carbocycles. The summed E-state index contributed by atoms with van der Waals surface area (Å²) in [6.07, 6.45) is 10.2. The van der Waals surface area contributed by atoms with Crippen LogP contribution in [0.5, 0.6) is 0 Å². The Morgan fingerprint density at radius 2 is 0.893 bits per heavy atom. The number of benzene rings is 2. The van der Waals surface area contributed by atoms with Crippen molar-refractivity contribution < 1.29 is 27.2 Å². The number of carbonyl (C=O) groups excluding carboxylic acids is 2. The van der Waals surface area contributed by atoms with Gasteiger partial charge in [0.15, 0.2) is 0 Å². The summed E-state index contributed by atoms with van der Waals surface area (Å²) >= 11 is 0. The van der Waals surface area contributed by atoms with Crippen LogP contribution < -0.4 is 21.8 Å². The zero-order chi connectivity index (χ0) is 39.8. The maximum absolute atomic E-state index is 13.6. The lowest BCUT2D eigenvalue weighted by atomic mass is 9.96. The molecular weight excluding hydrogens is 724 g/mol. The van der Waals surface area contributed by atoms with Crippen molar-refractivity contribution in [2.75, 3.05) is 0 Å². The van der Waals surface area contributed by atoms with Crippen LogP contribution in [0.1, 0.15) is 122 Å². The van der Waals surface area contributed by atoms with Crippen LogP contribution in [0.4, 0.5) is 17.6 Å². The third-order valence-electron chi connectivity index (χ3n) is 10.7. The third kappa shape index (κ3) is 9.29. The summed E-state index contributed by atoms with van der Waals surface area (Å²) in [6.45, 7) is 1.72. The van der Waals surface area contributed by atoms with E-state index in [9.17, 15) is 36.7 Å². The molecule has 2 aliphatic heterocycles. The highest BCUT2D eigenvalue weighted by Gasteiger charge is 2.29. The molecule has 4 aromatic rings. The van der Waals surface area contributed by atoms with E-state index in [1.807, 2.05) is 36.4 Å². The maximum Gasteiger partial charge on any atom is 0.270 e. The van der Waals surface area contributed by atoms with Crippen LogP contribution >= 0.6 is 0 Å². The Hall–Kier alpha value is -5.52. The van der Waals surface area contributed by atoms with Crippen LogP contribution in [0, 0.1) is 0 Å². The van der Waals surface area contributed by atoms with Gasteiger partial charge in [0, 0.05) is 83.6 Å². The quantitative estimate of drug-likeness (QED) is 0.122. The Morgan fingerprint density at radius 1 is 0.536 bits per heavy atom. The van der Waals surface area contributed by atoms with E-state index >= 15 is 0 Å². The summed E-state index contributed by atoms with van der Waals surface area (Å²) in [6, 6.07) is 19.2. The molecule has 4 heterocycles. The van der Waals surface area contributed by atoms with Crippen LogP contribution in [0.15, 0.2) is 94.5 Å². The van der Waals surface area contributed by atoms with Crippen molar-refractivity contribution in [3.8, 4) is 0 Å². The van der Waals surface area contributed by atoms with Gasteiger partial charge in [-0.25, -0.2) is 17.6 Å². The first-order chi connectivity index (χ1) is 26.6. The molecule has 2 aromatic heterocycles. The van der Waals surface area contributed by atoms with Crippen molar-refractivity contribution >= 4 is 23.0 Å². The fourth-order valence-corrected chi connectivity index (χ4v) is 7.21. The SMILES string of the molecule is CC(F)(F)c1ccc(/C(=C/[C@H]2CCC(=O)N2)c2ccc(C3CC3)c(=O)[nH]2)cc1.CC(F)(F)c1ccc(/C(=C\[C@H]2CCC(=O)N2)c2ccc(C3CC3)c(=O)[nH]2)cc1. The van der Waals surface area contributed by atoms with Gasteiger partial charge in [-0.3, -0.25) is 19.2 Å². The summed E-state index contributed by atoms with van der Waals surface area (Å²) in [5.74, 6) is -5.18. The van der Waals surface area contributed by atoms with Gasteiger partial charge < -0.3 is 20.6 Å². The van der Waals surface area contributed by atoms with Crippen LogP contribution in [-0.4, -0.2) is 33.9 Å². The fraction of sp³-hybridized carbons (Fsp3) is 0.364. The summed E-state index contributed by atoms with van der Waals surface area (Å²) in [5.41, 5.74) is 5.32. The number of pyridine rings is 2. The standard InChI is InChI=1S/2C22H22F2N2O2/c2*1-22(23,24)15-6-4-14(5-7-15)18(12-16-8-11-20(27)25-16)19-10-9-17(13-2-3-13)21(28)26-19/h2*4-7,9-10,12-13,16H,2-3,8,11H2,1H3,(H,25,27)(H,26,28)/b18-12+;18-12-/t2*16-/m11/s1. The van der Waals surface area contributed by atoms with E-state index in [0.29, 0.717) is 60.0 Å². The molecule has 0 unspecified atom stereocenters. The molecule has 292 valence electrons. The van der Waals surface area contributed by atoms with Crippen molar-refractivity contribution in [1.29, 1.82) is 0 Å². The molecule has 2 saturated heterocycles. The number of hydrogen-bond donors (Lipinski definition) is 4. The normalized spacial score (nSPS) is 20.3. The maximum atomic E-state index is 13.6.